The number of imidazole rings is 1. The summed E-state index contributed by atoms with van der Waals surface area (Å²) < 4.78 is 7.56. The smallest absolute Gasteiger partial charge is 0.222 e. The topological polar surface area (TPSA) is 50.6 Å². The Morgan fingerprint density at radius 3 is 2.96 bits per heavy atom. The summed E-state index contributed by atoms with van der Waals surface area (Å²) in [6.07, 6.45) is 7.73. The summed E-state index contributed by atoms with van der Waals surface area (Å²) >= 11 is 0. The van der Waals surface area contributed by atoms with Gasteiger partial charge in [-0.05, 0) is 32.2 Å². The molecule has 2 aliphatic rings. The summed E-state index contributed by atoms with van der Waals surface area (Å²) in [5, 5.41) is 0. The first-order valence-electron chi connectivity index (χ1n) is 8.68. The molecule has 1 aromatic rings. The molecule has 128 valence electrons. The van der Waals surface area contributed by atoms with Crippen molar-refractivity contribution >= 4 is 5.91 Å². The number of hydrogen-bond donors (Lipinski definition) is 0. The maximum atomic E-state index is 12.6. The fourth-order valence-corrected chi connectivity index (χ4v) is 3.60. The fourth-order valence-electron chi connectivity index (χ4n) is 3.60. The van der Waals surface area contributed by atoms with Crippen molar-refractivity contribution < 1.29 is 9.53 Å². The Morgan fingerprint density at radius 1 is 1.39 bits per heavy atom. The van der Waals surface area contributed by atoms with Crippen molar-refractivity contribution in [2.45, 2.75) is 31.7 Å². The molecule has 2 unspecified atom stereocenters. The molecule has 0 saturated carbocycles. The molecule has 6 nitrogen and oxygen atoms in total. The second kappa shape index (κ2) is 7.45. The monoisotopic (exact) mass is 320 g/mol. The molecule has 0 N–H and O–H groups in total. The van der Waals surface area contributed by atoms with E-state index in [-0.39, 0.29) is 11.9 Å². The van der Waals surface area contributed by atoms with Crippen LogP contribution in [0.25, 0.3) is 0 Å². The summed E-state index contributed by atoms with van der Waals surface area (Å²) in [5.41, 5.74) is 0. The number of aryl methyl sites for hydroxylation is 1. The second-order valence-corrected chi connectivity index (χ2v) is 6.85. The molecule has 0 radical (unpaired) electrons. The van der Waals surface area contributed by atoms with Crippen LogP contribution in [0.2, 0.25) is 0 Å². The molecule has 2 aliphatic heterocycles. The maximum absolute atomic E-state index is 12.6. The molecule has 2 atom stereocenters. The van der Waals surface area contributed by atoms with Gasteiger partial charge < -0.3 is 14.2 Å². The zero-order valence-corrected chi connectivity index (χ0v) is 14.3. The molecule has 0 aliphatic carbocycles. The standard InChI is InChI=1S/C17H28N4O2/c1-19-9-10-21(12-15(19)17-18-7-8-20(17)2)16(22)6-5-14-4-3-11-23-13-14/h7-8,14-15H,3-6,9-13H2,1-2H3. The number of likely N-dealkylation sites (N-methyl/N-ethyl adjacent to an activating group) is 1. The molecule has 1 amide bonds. The van der Waals surface area contributed by atoms with Crippen LogP contribution in [0.1, 0.15) is 37.5 Å². The first-order chi connectivity index (χ1) is 11.1. The van der Waals surface area contributed by atoms with E-state index in [1.54, 1.807) is 0 Å². The lowest BCUT2D eigenvalue weighted by Crippen LogP contribution is -2.49. The van der Waals surface area contributed by atoms with Gasteiger partial charge in [-0.15, -0.1) is 0 Å². The van der Waals surface area contributed by atoms with Gasteiger partial charge in [-0.25, -0.2) is 4.98 Å². The van der Waals surface area contributed by atoms with E-state index in [0.717, 1.165) is 51.5 Å². The van der Waals surface area contributed by atoms with Gasteiger partial charge >= 0.3 is 0 Å². The largest absolute Gasteiger partial charge is 0.381 e. The summed E-state index contributed by atoms with van der Waals surface area (Å²) in [5.74, 6) is 1.87. The van der Waals surface area contributed by atoms with E-state index < -0.39 is 0 Å². The minimum Gasteiger partial charge on any atom is -0.381 e. The molecule has 0 aromatic carbocycles. The van der Waals surface area contributed by atoms with E-state index >= 15 is 0 Å². The summed E-state index contributed by atoms with van der Waals surface area (Å²) in [4.78, 5) is 21.4. The minimum atomic E-state index is 0.186. The van der Waals surface area contributed by atoms with Gasteiger partial charge in [-0.3, -0.25) is 9.69 Å². The van der Waals surface area contributed by atoms with E-state index in [2.05, 4.69) is 21.5 Å². The molecule has 6 heteroatoms. The van der Waals surface area contributed by atoms with Gasteiger partial charge in [0.2, 0.25) is 5.91 Å². The quantitative estimate of drug-likeness (QED) is 0.842. The lowest BCUT2D eigenvalue weighted by atomic mass is 9.96. The number of carbonyl (C=O) groups excluding carboxylic acids is 1. The van der Waals surface area contributed by atoms with Crippen molar-refractivity contribution in [1.82, 2.24) is 19.4 Å². The number of carbonyl (C=O) groups is 1. The lowest BCUT2D eigenvalue weighted by Gasteiger charge is -2.39. The van der Waals surface area contributed by atoms with Crippen LogP contribution in [0.4, 0.5) is 0 Å². The van der Waals surface area contributed by atoms with Crippen molar-refractivity contribution in [2.75, 3.05) is 39.9 Å². The lowest BCUT2D eigenvalue weighted by molar-refractivity contribution is -0.134. The van der Waals surface area contributed by atoms with Gasteiger partial charge in [0.25, 0.3) is 0 Å². The van der Waals surface area contributed by atoms with Crippen molar-refractivity contribution in [3.63, 3.8) is 0 Å². The summed E-state index contributed by atoms with van der Waals surface area (Å²) in [6, 6.07) is 0.186. The molecule has 1 aromatic heterocycles. The van der Waals surface area contributed by atoms with Crippen LogP contribution in [0, 0.1) is 5.92 Å². The highest BCUT2D eigenvalue weighted by molar-refractivity contribution is 5.76. The highest BCUT2D eigenvalue weighted by Crippen LogP contribution is 2.24. The average molecular weight is 320 g/mol. The molecule has 3 rings (SSSR count). The Bertz CT molecular complexity index is 524. The number of ether oxygens (including phenoxy) is 1. The molecule has 23 heavy (non-hydrogen) atoms. The predicted octanol–water partition coefficient (Wildman–Crippen LogP) is 1.44. The molecular weight excluding hydrogens is 292 g/mol. The van der Waals surface area contributed by atoms with Crippen molar-refractivity contribution in [1.29, 1.82) is 0 Å². The van der Waals surface area contributed by atoms with Gasteiger partial charge in [-0.2, -0.15) is 0 Å². The number of hydrogen-bond acceptors (Lipinski definition) is 4. The van der Waals surface area contributed by atoms with E-state index in [9.17, 15) is 4.79 Å². The van der Waals surface area contributed by atoms with Crippen molar-refractivity contribution in [3.05, 3.63) is 18.2 Å². The van der Waals surface area contributed by atoms with Gasteiger partial charge in [-0.1, -0.05) is 0 Å². The van der Waals surface area contributed by atoms with E-state index in [1.807, 2.05) is 24.3 Å². The number of rotatable bonds is 4. The Labute approximate surface area is 138 Å². The predicted molar refractivity (Wildman–Crippen MR) is 87.9 cm³/mol. The number of aromatic nitrogens is 2. The Morgan fingerprint density at radius 2 is 2.26 bits per heavy atom. The third-order valence-corrected chi connectivity index (χ3v) is 5.18. The van der Waals surface area contributed by atoms with Crippen molar-refractivity contribution in [3.8, 4) is 0 Å². The third kappa shape index (κ3) is 3.93. The third-order valence-electron chi connectivity index (χ3n) is 5.18. The van der Waals surface area contributed by atoms with Crippen LogP contribution in [-0.2, 0) is 16.6 Å². The Balaban J connectivity index is 1.55. The number of piperazine rings is 1. The van der Waals surface area contributed by atoms with Crippen LogP contribution in [0.5, 0.6) is 0 Å². The highest BCUT2D eigenvalue weighted by Gasteiger charge is 2.30. The normalized spacial score (nSPS) is 26.4. The fraction of sp³-hybridized carbons (Fsp3) is 0.765. The van der Waals surface area contributed by atoms with E-state index in [0.29, 0.717) is 12.3 Å². The van der Waals surface area contributed by atoms with E-state index in [4.69, 9.17) is 4.74 Å². The zero-order chi connectivity index (χ0) is 16.2. The molecule has 0 spiro atoms. The number of amides is 1. The zero-order valence-electron chi connectivity index (χ0n) is 14.3. The molecular formula is C17H28N4O2. The number of nitrogens with zero attached hydrogens (tertiary/aromatic N) is 4. The van der Waals surface area contributed by atoms with Crippen LogP contribution in [0.3, 0.4) is 0 Å². The van der Waals surface area contributed by atoms with Gasteiger partial charge in [0.1, 0.15) is 5.82 Å². The van der Waals surface area contributed by atoms with Gasteiger partial charge in [0.05, 0.1) is 6.04 Å². The Kier molecular flexibility index (Phi) is 5.33. The van der Waals surface area contributed by atoms with Crippen molar-refractivity contribution in [2.24, 2.45) is 13.0 Å². The van der Waals surface area contributed by atoms with Gasteiger partial charge in [0, 0.05) is 58.7 Å². The molecule has 2 fully saturated rings. The van der Waals surface area contributed by atoms with Crippen LogP contribution in [-0.4, -0.2) is 65.2 Å². The van der Waals surface area contributed by atoms with Crippen LogP contribution in [0.15, 0.2) is 12.4 Å². The average Bonchev–Trinajstić information content (AvgIpc) is 3.00. The first-order valence-corrected chi connectivity index (χ1v) is 8.68. The van der Waals surface area contributed by atoms with Crippen LogP contribution < -0.4 is 0 Å². The minimum absolute atomic E-state index is 0.186. The van der Waals surface area contributed by atoms with E-state index in [1.165, 1.54) is 6.42 Å². The van der Waals surface area contributed by atoms with Crippen LogP contribution >= 0.6 is 0 Å². The molecule has 3 heterocycles. The Hall–Kier alpha value is -1.40. The molecule has 0 bridgehead atoms. The summed E-state index contributed by atoms with van der Waals surface area (Å²) in [7, 11) is 4.13. The maximum Gasteiger partial charge on any atom is 0.222 e. The molecule has 2 saturated heterocycles. The van der Waals surface area contributed by atoms with Gasteiger partial charge in [0.15, 0.2) is 0 Å². The SMILES string of the molecule is CN1CCN(C(=O)CCC2CCCOC2)CC1c1nccn1C. The highest BCUT2D eigenvalue weighted by atomic mass is 16.5. The summed E-state index contributed by atoms with van der Waals surface area (Å²) in [6.45, 7) is 4.16. The second-order valence-electron chi connectivity index (χ2n) is 6.85. The first kappa shape index (κ1) is 16.5.